The molecule has 6 heteroatoms. The quantitative estimate of drug-likeness (QED) is 0.681. The number of carbonyl (C=O) groups excluding carboxylic acids is 1. The molecule has 0 aliphatic carbocycles. The van der Waals surface area contributed by atoms with Crippen molar-refractivity contribution in [2.75, 3.05) is 7.11 Å². The highest BCUT2D eigenvalue weighted by atomic mass is 79.9. The van der Waals surface area contributed by atoms with Crippen molar-refractivity contribution < 1.29 is 14.3 Å². The van der Waals surface area contributed by atoms with Crippen LogP contribution in [0, 0.1) is 0 Å². The van der Waals surface area contributed by atoms with E-state index in [-0.39, 0.29) is 0 Å². The Labute approximate surface area is 151 Å². The van der Waals surface area contributed by atoms with Gasteiger partial charge in [0, 0.05) is 10.5 Å². The van der Waals surface area contributed by atoms with E-state index >= 15 is 0 Å². The zero-order valence-electron chi connectivity index (χ0n) is 12.4. The molecule has 0 aliphatic heterocycles. The lowest BCUT2D eigenvalue weighted by Crippen LogP contribution is -2.05. The maximum absolute atomic E-state index is 10.8. The van der Waals surface area contributed by atoms with Crippen LogP contribution < -0.4 is 15.2 Å². The molecule has 2 N–H and O–H groups in total. The third kappa shape index (κ3) is 5.11. The van der Waals surface area contributed by atoms with Crippen molar-refractivity contribution in [2.45, 2.75) is 6.61 Å². The van der Waals surface area contributed by atoms with Gasteiger partial charge in [-0.15, -0.1) is 0 Å². The lowest BCUT2D eigenvalue weighted by molar-refractivity contribution is -0.113. The molecular formula is C17H15Br2NO3. The summed E-state index contributed by atoms with van der Waals surface area (Å²) in [5.41, 5.74) is 6.93. The van der Waals surface area contributed by atoms with Crippen molar-refractivity contribution >= 4 is 43.8 Å². The van der Waals surface area contributed by atoms with Gasteiger partial charge in [-0.05, 0) is 57.4 Å². The summed E-state index contributed by atoms with van der Waals surface area (Å²) in [6.45, 7) is 0.415. The largest absolute Gasteiger partial charge is 0.493 e. The van der Waals surface area contributed by atoms with Gasteiger partial charge >= 0.3 is 0 Å². The second kappa shape index (κ2) is 8.17. The fourth-order valence-corrected chi connectivity index (χ4v) is 2.73. The van der Waals surface area contributed by atoms with E-state index in [1.807, 2.05) is 30.3 Å². The molecule has 2 aromatic carbocycles. The summed E-state index contributed by atoms with van der Waals surface area (Å²) in [6, 6.07) is 11.5. The third-order valence-electron chi connectivity index (χ3n) is 2.99. The van der Waals surface area contributed by atoms with Crippen LogP contribution in [0.1, 0.15) is 11.1 Å². The van der Waals surface area contributed by atoms with Crippen LogP contribution >= 0.6 is 31.9 Å². The normalized spacial score (nSPS) is 10.7. The van der Waals surface area contributed by atoms with E-state index in [0.717, 1.165) is 20.1 Å². The molecule has 0 bridgehead atoms. The molecule has 2 rings (SSSR count). The van der Waals surface area contributed by atoms with Crippen LogP contribution in [0.25, 0.3) is 6.08 Å². The standard InChI is InChI=1S/C17H15Br2NO3/c1-22-15-9-12(4-7-16(20)21)8-14(19)17(15)23-10-11-2-5-13(18)6-3-11/h2-9H,10H2,1H3,(H2,20,21)/b7-4-. The van der Waals surface area contributed by atoms with E-state index in [4.69, 9.17) is 15.2 Å². The van der Waals surface area contributed by atoms with Crippen molar-refractivity contribution in [1.82, 2.24) is 0 Å². The molecule has 0 atom stereocenters. The van der Waals surface area contributed by atoms with E-state index in [0.29, 0.717) is 18.1 Å². The van der Waals surface area contributed by atoms with Crippen LogP contribution in [0.5, 0.6) is 11.5 Å². The third-order valence-corrected chi connectivity index (χ3v) is 4.11. The number of nitrogens with two attached hydrogens (primary N) is 1. The molecule has 0 aliphatic rings. The Hall–Kier alpha value is -1.79. The van der Waals surface area contributed by atoms with E-state index in [2.05, 4.69) is 31.9 Å². The van der Waals surface area contributed by atoms with Gasteiger partial charge in [0.15, 0.2) is 11.5 Å². The Bertz CT molecular complexity index is 727. The second-order valence-electron chi connectivity index (χ2n) is 4.68. The van der Waals surface area contributed by atoms with Crippen molar-refractivity contribution in [3.05, 3.63) is 62.5 Å². The first-order valence-corrected chi connectivity index (χ1v) is 8.30. The van der Waals surface area contributed by atoms with Crippen LogP contribution in [0.4, 0.5) is 0 Å². The van der Waals surface area contributed by atoms with E-state index in [1.54, 1.807) is 19.3 Å². The molecule has 0 saturated carbocycles. The number of primary amides is 1. The van der Waals surface area contributed by atoms with Crippen molar-refractivity contribution in [3.8, 4) is 11.5 Å². The van der Waals surface area contributed by atoms with Gasteiger partial charge in [0.1, 0.15) is 6.61 Å². The minimum absolute atomic E-state index is 0.415. The average Bonchev–Trinajstić information content (AvgIpc) is 2.53. The molecule has 0 heterocycles. The monoisotopic (exact) mass is 439 g/mol. The van der Waals surface area contributed by atoms with Crippen LogP contribution in [-0.2, 0) is 11.4 Å². The number of hydrogen-bond acceptors (Lipinski definition) is 3. The molecular weight excluding hydrogens is 426 g/mol. The Morgan fingerprint density at radius 1 is 1.22 bits per heavy atom. The Kier molecular flexibility index (Phi) is 6.24. The molecule has 0 radical (unpaired) electrons. The van der Waals surface area contributed by atoms with Crippen LogP contribution in [0.3, 0.4) is 0 Å². The van der Waals surface area contributed by atoms with Gasteiger partial charge in [-0.2, -0.15) is 0 Å². The fraction of sp³-hybridized carbons (Fsp3) is 0.118. The summed E-state index contributed by atoms with van der Waals surface area (Å²) in [5, 5.41) is 0. The molecule has 1 amide bonds. The van der Waals surface area contributed by atoms with Gasteiger partial charge in [-0.3, -0.25) is 4.79 Å². The average molecular weight is 441 g/mol. The topological polar surface area (TPSA) is 61.5 Å². The van der Waals surface area contributed by atoms with Crippen molar-refractivity contribution in [3.63, 3.8) is 0 Å². The predicted octanol–water partition coefficient (Wildman–Crippen LogP) is 4.30. The zero-order valence-corrected chi connectivity index (χ0v) is 15.6. The van der Waals surface area contributed by atoms with Crippen molar-refractivity contribution in [1.29, 1.82) is 0 Å². The molecule has 0 spiro atoms. The number of rotatable bonds is 6. The molecule has 0 fully saturated rings. The Morgan fingerprint density at radius 2 is 1.91 bits per heavy atom. The van der Waals surface area contributed by atoms with E-state index < -0.39 is 5.91 Å². The number of carbonyl (C=O) groups is 1. The number of halogens is 2. The lowest BCUT2D eigenvalue weighted by atomic mass is 10.2. The second-order valence-corrected chi connectivity index (χ2v) is 6.45. The Morgan fingerprint density at radius 3 is 2.52 bits per heavy atom. The highest BCUT2D eigenvalue weighted by molar-refractivity contribution is 9.10. The summed E-state index contributed by atoms with van der Waals surface area (Å²) in [7, 11) is 1.57. The minimum atomic E-state index is -0.504. The van der Waals surface area contributed by atoms with E-state index in [1.165, 1.54) is 6.08 Å². The van der Waals surface area contributed by atoms with Crippen LogP contribution in [0.2, 0.25) is 0 Å². The molecule has 0 unspecified atom stereocenters. The maximum atomic E-state index is 10.8. The first-order valence-electron chi connectivity index (χ1n) is 6.72. The van der Waals surface area contributed by atoms with Gasteiger partial charge in [0.2, 0.25) is 5.91 Å². The minimum Gasteiger partial charge on any atom is -0.493 e. The summed E-state index contributed by atoms with van der Waals surface area (Å²) >= 11 is 6.87. The molecule has 4 nitrogen and oxygen atoms in total. The molecule has 0 aromatic heterocycles. The van der Waals surface area contributed by atoms with Gasteiger partial charge in [-0.1, -0.05) is 28.1 Å². The van der Waals surface area contributed by atoms with E-state index in [9.17, 15) is 4.79 Å². The van der Waals surface area contributed by atoms with Gasteiger partial charge in [0.25, 0.3) is 0 Å². The lowest BCUT2D eigenvalue weighted by Gasteiger charge is -2.13. The molecule has 0 saturated heterocycles. The van der Waals surface area contributed by atoms with Crippen molar-refractivity contribution in [2.24, 2.45) is 5.73 Å². The number of amides is 1. The first-order chi connectivity index (χ1) is 11.0. The highest BCUT2D eigenvalue weighted by Gasteiger charge is 2.11. The summed E-state index contributed by atoms with van der Waals surface area (Å²) in [5.74, 6) is 0.669. The van der Waals surface area contributed by atoms with Gasteiger partial charge < -0.3 is 15.2 Å². The molecule has 120 valence electrons. The smallest absolute Gasteiger partial charge is 0.241 e. The molecule has 23 heavy (non-hydrogen) atoms. The maximum Gasteiger partial charge on any atom is 0.241 e. The van der Waals surface area contributed by atoms with Gasteiger partial charge in [-0.25, -0.2) is 0 Å². The molecule has 2 aromatic rings. The van der Waals surface area contributed by atoms with Crippen LogP contribution in [-0.4, -0.2) is 13.0 Å². The Balaban J connectivity index is 2.20. The zero-order chi connectivity index (χ0) is 16.8. The number of methoxy groups -OCH3 is 1. The summed E-state index contributed by atoms with van der Waals surface area (Å²) < 4.78 is 13.0. The van der Waals surface area contributed by atoms with Gasteiger partial charge in [0.05, 0.1) is 11.6 Å². The number of ether oxygens (including phenoxy) is 2. The van der Waals surface area contributed by atoms with Crippen LogP contribution in [0.15, 0.2) is 51.4 Å². The number of hydrogen-bond donors (Lipinski definition) is 1. The fourth-order valence-electron chi connectivity index (χ4n) is 1.89. The number of benzene rings is 2. The highest BCUT2D eigenvalue weighted by Crippen LogP contribution is 2.37. The first kappa shape index (κ1) is 17.6. The summed E-state index contributed by atoms with van der Waals surface area (Å²) in [4.78, 5) is 10.8. The summed E-state index contributed by atoms with van der Waals surface area (Å²) in [6.07, 6.45) is 2.91. The SMILES string of the molecule is COc1cc(/C=C\C(N)=O)cc(Br)c1OCc1ccc(Br)cc1. The predicted molar refractivity (Wildman–Crippen MR) is 97.4 cm³/mol.